The minimum absolute atomic E-state index is 0.0287. The molecule has 3 saturated carbocycles. The number of hydrogen-bond donors (Lipinski definition) is 1. The SMILES string of the molecule is COc1cc(N(C)CCN(C)C)c([N+](=O)[O-])cc1Nc1nccc(-c2nn(C34CC(C3)C4)c3ccccc23)n1. The summed E-state index contributed by atoms with van der Waals surface area (Å²) in [5.41, 5.74) is 3.60. The summed E-state index contributed by atoms with van der Waals surface area (Å²) in [6, 6.07) is 13.3. The first-order valence-corrected chi connectivity index (χ1v) is 13.1. The van der Waals surface area contributed by atoms with Crippen molar-refractivity contribution in [3.05, 3.63) is 58.8 Å². The van der Waals surface area contributed by atoms with Crippen LogP contribution in [0.3, 0.4) is 0 Å². The van der Waals surface area contributed by atoms with Crippen molar-refractivity contribution in [2.45, 2.75) is 24.8 Å². The summed E-state index contributed by atoms with van der Waals surface area (Å²) in [5, 5.41) is 21.2. The molecule has 202 valence electrons. The van der Waals surface area contributed by atoms with Crippen molar-refractivity contribution in [2.24, 2.45) is 5.92 Å². The molecule has 39 heavy (non-hydrogen) atoms. The van der Waals surface area contributed by atoms with E-state index in [0.29, 0.717) is 35.3 Å². The lowest BCUT2D eigenvalue weighted by atomic mass is 9.50. The highest BCUT2D eigenvalue weighted by atomic mass is 16.6. The van der Waals surface area contributed by atoms with Gasteiger partial charge in [0.25, 0.3) is 5.69 Å². The number of nitrogens with one attached hydrogen (secondary N) is 1. The predicted octanol–water partition coefficient (Wildman–Crippen LogP) is 4.66. The van der Waals surface area contributed by atoms with Crippen molar-refractivity contribution in [1.82, 2.24) is 24.6 Å². The van der Waals surface area contributed by atoms with Crippen LogP contribution >= 0.6 is 0 Å². The summed E-state index contributed by atoms with van der Waals surface area (Å²) >= 11 is 0. The monoisotopic (exact) mass is 528 g/mol. The second-order valence-electron chi connectivity index (χ2n) is 10.9. The van der Waals surface area contributed by atoms with E-state index in [2.05, 4.69) is 27.1 Å². The van der Waals surface area contributed by atoms with Crippen LogP contribution in [0.25, 0.3) is 22.3 Å². The Morgan fingerprint density at radius 1 is 1.15 bits per heavy atom. The van der Waals surface area contributed by atoms with Gasteiger partial charge in [-0.05, 0) is 51.4 Å². The Kier molecular flexibility index (Phi) is 6.10. The number of hydrogen-bond acceptors (Lipinski definition) is 9. The second-order valence-corrected chi connectivity index (χ2v) is 10.9. The number of fused-ring (bicyclic) bond motifs is 1. The molecule has 11 heteroatoms. The molecule has 1 N–H and O–H groups in total. The Bertz CT molecular complexity index is 1550. The van der Waals surface area contributed by atoms with E-state index in [0.717, 1.165) is 29.1 Å². The van der Waals surface area contributed by atoms with E-state index in [1.54, 1.807) is 12.3 Å². The van der Waals surface area contributed by atoms with Crippen molar-refractivity contribution >= 4 is 33.9 Å². The third-order valence-corrected chi connectivity index (χ3v) is 7.97. The van der Waals surface area contributed by atoms with E-state index >= 15 is 0 Å². The molecule has 0 unspecified atom stereocenters. The smallest absolute Gasteiger partial charge is 0.294 e. The van der Waals surface area contributed by atoms with Crippen LogP contribution in [0.1, 0.15) is 19.3 Å². The van der Waals surface area contributed by atoms with Crippen molar-refractivity contribution < 1.29 is 9.66 Å². The summed E-state index contributed by atoms with van der Waals surface area (Å²) < 4.78 is 7.81. The minimum atomic E-state index is -0.382. The summed E-state index contributed by atoms with van der Waals surface area (Å²) in [6.45, 7) is 1.38. The molecule has 3 fully saturated rings. The first-order chi connectivity index (χ1) is 18.8. The summed E-state index contributed by atoms with van der Waals surface area (Å²) in [7, 11) is 7.30. The van der Waals surface area contributed by atoms with Crippen molar-refractivity contribution in [3.8, 4) is 17.1 Å². The molecule has 0 amide bonds. The fourth-order valence-corrected chi connectivity index (χ4v) is 5.73. The zero-order valence-corrected chi connectivity index (χ0v) is 22.6. The van der Waals surface area contributed by atoms with Crippen LogP contribution in [0, 0.1) is 16.0 Å². The van der Waals surface area contributed by atoms with Gasteiger partial charge in [0.2, 0.25) is 5.95 Å². The highest BCUT2D eigenvalue weighted by Gasteiger charge is 2.59. The molecule has 2 aromatic heterocycles. The number of nitrogens with zero attached hydrogens (tertiary/aromatic N) is 7. The molecule has 2 heterocycles. The summed E-state index contributed by atoms with van der Waals surface area (Å²) in [4.78, 5) is 24.7. The molecule has 0 saturated heterocycles. The quantitative estimate of drug-likeness (QED) is 0.232. The van der Waals surface area contributed by atoms with Crippen molar-refractivity contribution in [2.75, 3.05) is 51.6 Å². The number of benzene rings is 2. The molecule has 3 aliphatic carbocycles. The second kappa shape index (κ2) is 9.49. The van der Waals surface area contributed by atoms with Gasteiger partial charge in [0, 0.05) is 43.9 Å². The first kappa shape index (κ1) is 25.1. The molecule has 0 spiro atoms. The zero-order valence-electron chi connectivity index (χ0n) is 22.6. The van der Waals surface area contributed by atoms with Crippen molar-refractivity contribution in [1.29, 1.82) is 0 Å². The highest BCUT2D eigenvalue weighted by Crippen LogP contribution is 2.62. The average Bonchev–Trinajstić information content (AvgIpc) is 3.24. The highest BCUT2D eigenvalue weighted by molar-refractivity contribution is 5.93. The van der Waals surface area contributed by atoms with Crippen LogP contribution in [-0.4, -0.2) is 70.9 Å². The number of para-hydroxylation sites is 1. The Balaban J connectivity index is 1.34. The largest absolute Gasteiger partial charge is 0.494 e. The molecule has 0 radical (unpaired) electrons. The van der Waals surface area contributed by atoms with E-state index in [4.69, 9.17) is 14.8 Å². The third-order valence-electron chi connectivity index (χ3n) is 7.97. The minimum Gasteiger partial charge on any atom is -0.494 e. The molecular weight excluding hydrogens is 496 g/mol. The summed E-state index contributed by atoms with van der Waals surface area (Å²) in [5.74, 6) is 1.60. The molecular formula is C28H32N8O3. The predicted molar refractivity (Wildman–Crippen MR) is 151 cm³/mol. The molecule has 7 rings (SSSR count). The Hall–Kier alpha value is -4.25. The van der Waals surface area contributed by atoms with Crippen molar-refractivity contribution in [3.63, 3.8) is 0 Å². The third kappa shape index (κ3) is 4.32. The fraction of sp³-hybridized carbons (Fsp3) is 0.393. The van der Waals surface area contributed by atoms with E-state index in [9.17, 15) is 10.1 Å². The molecule has 11 nitrogen and oxygen atoms in total. The van der Waals surface area contributed by atoms with E-state index in [1.807, 2.05) is 49.1 Å². The molecule has 0 atom stereocenters. The topological polar surface area (TPSA) is 114 Å². The standard InChI is InChI=1S/C28H32N8O3/c1-33(2)11-12-34(3)23-14-25(39-4)21(13-24(23)36(37)38)31-27-29-10-9-20(30-27)26-19-7-5-6-8-22(19)35(32-26)28-15-18(16-28)17-28/h5-10,13-14,18H,11-12,15-17H2,1-4H3,(H,29,30,31). The van der Waals surface area contributed by atoms with Gasteiger partial charge in [0.05, 0.1) is 34.5 Å². The number of aromatic nitrogens is 4. The molecule has 2 bridgehead atoms. The van der Waals surface area contributed by atoms with Gasteiger partial charge in [-0.2, -0.15) is 5.10 Å². The number of anilines is 3. The van der Waals surface area contributed by atoms with Crippen LogP contribution in [0.4, 0.5) is 23.0 Å². The molecule has 3 aliphatic rings. The normalized spacial score (nSPS) is 19.5. The van der Waals surface area contributed by atoms with Crippen LogP contribution in [0.2, 0.25) is 0 Å². The lowest BCUT2D eigenvalue weighted by Gasteiger charge is -2.61. The van der Waals surface area contributed by atoms with Gasteiger partial charge < -0.3 is 19.9 Å². The molecule has 4 aromatic rings. The van der Waals surface area contributed by atoms with Gasteiger partial charge >= 0.3 is 0 Å². The van der Waals surface area contributed by atoms with Gasteiger partial charge in [-0.1, -0.05) is 18.2 Å². The van der Waals surface area contributed by atoms with Crippen LogP contribution < -0.4 is 15.0 Å². The number of rotatable bonds is 10. The van der Waals surface area contributed by atoms with Crippen LogP contribution in [0.5, 0.6) is 5.75 Å². The lowest BCUT2D eigenvalue weighted by Crippen LogP contribution is -2.59. The zero-order chi connectivity index (χ0) is 27.3. The Labute approximate surface area is 226 Å². The van der Waals surface area contributed by atoms with Gasteiger partial charge in [0.1, 0.15) is 17.1 Å². The van der Waals surface area contributed by atoms with Gasteiger partial charge in [-0.3, -0.25) is 14.8 Å². The Morgan fingerprint density at radius 2 is 1.92 bits per heavy atom. The maximum absolute atomic E-state index is 12.0. The number of nitro benzene ring substituents is 1. The van der Waals surface area contributed by atoms with Crippen LogP contribution in [-0.2, 0) is 5.54 Å². The van der Waals surface area contributed by atoms with Gasteiger partial charge in [0.15, 0.2) is 0 Å². The first-order valence-electron chi connectivity index (χ1n) is 13.1. The van der Waals surface area contributed by atoms with Gasteiger partial charge in [-0.25, -0.2) is 9.97 Å². The maximum atomic E-state index is 12.0. The number of methoxy groups -OCH3 is 1. The summed E-state index contributed by atoms with van der Waals surface area (Å²) in [6.07, 6.45) is 5.23. The number of nitro groups is 1. The molecule has 2 aromatic carbocycles. The average molecular weight is 529 g/mol. The van der Waals surface area contributed by atoms with Gasteiger partial charge in [-0.15, -0.1) is 0 Å². The van der Waals surface area contributed by atoms with E-state index in [-0.39, 0.29) is 16.1 Å². The fourth-order valence-electron chi connectivity index (χ4n) is 5.73. The maximum Gasteiger partial charge on any atom is 0.294 e. The number of ether oxygens (including phenoxy) is 1. The number of likely N-dealkylation sites (N-methyl/N-ethyl adjacent to an activating group) is 2. The Morgan fingerprint density at radius 3 is 2.59 bits per heavy atom. The lowest BCUT2D eigenvalue weighted by molar-refractivity contribution is -0.384. The van der Waals surface area contributed by atoms with Crippen LogP contribution in [0.15, 0.2) is 48.7 Å². The van der Waals surface area contributed by atoms with E-state index in [1.165, 1.54) is 32.4 Å². The van der Waals surface area contributed by atoms with E-state index < -0.39 is 0 Å². The molecule has 0 aliphatic heterocycles.